The lowest BCUT2D eigenvalue weighted by Gasteiger charge is -2.19. The average Bonchev–Trinajstić information content (AvgIpc) is 2.22. The van der Waals surface area contributed by atoms with Crippen molar-refractivity contribution in [3.05, 3.63) is 23.0 Å². The zero-order valence-corrected chi connectivity index (χ0v) is 10.4. The number of hydrogen-bond acceptors (Lipinski definition) is 2. The minimum Gasteiger partial charge on any atom is -0.380 e. The number of rotatable bonds is 5. The summed E-state index contributed by atoms with van der Waals surface area (Å²) in [5.41, 5.74) is 2.14. The van der Waals surface area contributed by atoms with Crippen LogP contribution in [0.5, 0.6) is 0 Å². The molecule has 1 heterocycles. The smallest absolute Gasteiger partial charge is 0.152 e. The molecule has 1 aromatic rings. The fourth-order valence-electron chi connectivity index (χ4n) is 1.63. The van der Waals surface area contributed by atoms with Crippen LogP contribution in [0.4, 0.5) is 5.69 Å². The van der Waals surface area contributed by atoms with Crippen LogP contribution in [0.25, 0.3) is 0 Å². The predicted octanol–water partition coefficient (Wildman–Crippen LogP) is 4.03. The topological polar surface area (TPSA) is 24.9 Å². The zero-order valence-electron chi connectivity index (χ0n) is 9.68. The van der Waals surface area contributed by atoms with Crippen molar-refractivity contribution in [2.75, 3.05) is 5.32 Å². The molecule has 0 fully saturated rings. The minimum absolute atomic E-state index is 0.496. The number of aromatic nitrogens is 1. The summed E-state index contributed by atoms with van der Waals surface area (Å²) in [6.07, 6.45) is 5.20. The normalized spacial score (nSPS) is 12.5. The fraction of sp³-hybridized carbons (Fsp3) is 0.583. The van der Waals surface area contributed by atoms with Gasteiger partial charge in [-0.15, -0.1) is 0 Å². The third kappa shape index (κ3) is 3.38. The van der Waals surface area contributed by atoms with Crippen molar-refractivity contribution in [3.8, 4) is 0 Å². The predicted molar refractivity (Wildman–Crippen MR) is 66.6 cm³/mol. The molecule has 84 valence electrons. The van der Waals surface area contributed by atoms with E-state index in [1.165, 1.54) is 12.8 Å². The number of aryl methyl sites for hydroxylation is 1. The molecule has 0 spiro atoms. The third-order valence-electron chi connectivity index (χ3n) is 2.59. The SMILES string of the molecule is CCCC(CC)Nc1c(C)ccnc1Cl. The van der Waals surface area contributed by atoms with Gasteiger partial charge in [0, 0.05) is 12.2 Å². The summed E-state index contributed by atoms with van der Waals surface area (Å²) < 4.78 is 0. The number of hydrogen-bond donors (Lipinski definition) is 1. The quantitative estimate of drug-likeness (QED) is 0.767. The average molecular weight is 227 g/mol. The van der Waals surface area contributed by atoms with Crippen molar-refractivity contribution in [1.82, 2.24) is 4.98 Å². The Balaban J connectivity index is 2.78. The third-order valence-corrected chi connectivity index (χ3v) is 2.88. The molecule has 0 aliphatic heterocycles. The number of halogens is 1. The maximum absolute atomic E-state index is 6.06. The van der Waals surface area contributed by atoms with Crippen LogP contribution in [-0.2, 0) is 0 Å². The van der Waals surface area contributed by atoms with Gasteiger partial charge in [-0.25, -0.2) is 4.98 Å². The lowest BCUT2D eigenvalue weighted by molar-refractivity contribution is 0.622. The van der Waals surface area contributed by atoms with Gasteiger partial charge in [-0.05, 0) is 31.4 Å². The van der Waals surface area contributed by atoms with Crippen LogP contribution in [0.1, 0.15) is 38.7 Å². The summed E-state index contributed by atoms with van der Waals surface area (Å²) in [6.45, 7) is 6.43. The number of nitrogens with one attached hydrogen (secondary N) is 1. The van der Waals surface area contributed by atoms with Crippen LogP contribution >= 0.6 is 11.6 Å². The second-order valence-electron chi connectivity index (χ2n) is 3.83. The van der Waals surface area contributed by atoms with Crippen LogP contribution in [0.2, 0.25) is 5.15 Å². The molecule has 0 saturated carbocycles. The summed E-state index contributed by atoms with van der Waals surface area (Å²) in [5, 5.41) is 4.05. The number of nitrogens with zero attached hydrogens (tertiary/aromatic N) is 1. The first-order chi connectivity index (χ1) is 7.19. The standard InChI is InChI=1S/C12H19ClN2/c1-4-6-10(5-2)15-11-9(3)7-8-14-12(11)13/h7-8,10,15H,4-6H2,1-3H3. The molecular formula is C12H19ClN2. The van der Waals surface area contributed by atoms with Crippen molar-refractivity contribution < 1.29 is 0 Å². The molecule has 1 N–H and O–H groups in total. The summed E-state index contributed by atoms with van der Waals surface area (Å²) in [6, 6.07) is 2.47. The van der Waals surface area contributed by atoms with E-state index in [4.69, 9.17) is 11.6 Å². The van der Waals surface area contributed by atoms with Gasteiger partial charge in [0.1, 0.15) is 0 Å². The van der Waals surface area contributed by atoms with Gasteiger partial charge >= 0.3 is 0 Å². The lowest BCUT2D eigenvalue weighted by Crippen LogP contribution is -2.19. The molecule has 3 heteroatoms. The van der Waals surface area contributed by atoms with Crippen LogP contribution < -0.4 is 5.32 Å². The molecule has 1 atom stereocenters. The molecule has 2 nitrogen and oxygen atoms in total. The van der Waals surface area contributed by atoms with E-state index < -0.39 is 0 Å². The molecular weight excluding hydrogens is 208 g/mol. The Bertz CT molecular complexity index is 292. The molecule has 15 heavy (non-hydrogen) atoms. The molecule has 1 rings (SSSR count). The van der Waals surface area contributed by atoms with Gasteiger partial charge in [-0.2, -0.15) is 0 Å². The monoisotopic (exact) mass is 226 g/mol. The molecule has 0 aromatic carbocycles. The molecule has 0 aliphatic rings. The Morgan fingerprint density at radius 2 is 2.20 bits per heavy atom. The second-order valence-corrected chi connectivity index (χ2v) is 4.19. The van der Waals surface area contributed by atoms with Gasteiger partial charge in [-0.3, -0.25) is 0 Å². The van der Waals surface area contributed by atoms with Crippen LogP contribution in [0, 0.1) is 6.92 Å². The molecule has 0 aliphatic carbocycles. The molecule has 0 saturated heterocycles. The first kappa shape index (κ1) is 12.3. The number of pyridine rings is 1. The Morgan fingerprint density at radius 3 is 2.73 bits per heavy atom. The van der Waals surface area contributed by atoms with E-state index in [1.807, 2.05) is 6.07 Å². The molecule has 0 bridgehead atoms. The van der Waals surface area contributed by atoms with Gasteiger partial charge in [0.2, 0.25) is 0 Å². The maximum atomic E-state index is 6.06. The van der Waals surface area contributed by atoms with E-state index in [9.17, 15) is 0 Å². The summed E-state index contributed by atoms with van der Waals surface area (Å²) in [7, 11) is 0. The van der Waals surface area contributed by atoms with Crippen molar-refractivity contribution in [2.45, 2.75) is 46.1 Å². The van der Waals surface area contributed by atoms with Crippen LogP contribution in [0.3, 0.4) is 0 Å². The van der Waals surface area contributed by atoms with E-state index >= 15 is 0 Å². The zero-order chi connectivity index (χ0) is 11.3. The second kappa shape index (κ2) is 5.96. The molecule has 0 amide bonds. The lowest BCUT2D eigenvalue weighted by atomic mass is 10.1. The minimum atomic E-state index is 0.496. The Labute approximate surface area is 97.1 Å². The Morgan fingerprint density at radius 1 is 1.47 bits per heavy atom. The van der Waals surface area contributed by atoms with Gasteiger partial charge in [-0.1, -0.05) is 31.9 Å². The Kier molecular flexibility index (Phi) is 4.89. The van der Waals surface area contributed by atoms with E-state index in [0.717, 1.165) is 17.7 Å². The first-order valence-electron chi connectivity index (χ1n) is 5.56. The van der Waals surface area contributed by atoms with Gasteiger partial charge in [0.15, 0.2) is 5.15 Å². The molecule has 1 aromatic heterocycles. The van der Waals surface area contributed by atoms with Crippen molar-refractivity contribution >= 4 is 17.3 Å². The number of anilines is 1. The van der Waals surface area contributed by atoms with E-state index in [0.29, 0.717) is 11.2 Å². The van der Waals surface area contributed by atoms with Crippen molar-refractivity contribution in [3.63, 3.8) is 0 Å². The van der Waals surface area contributed by atoms with E-state index in [1.54, 1.807) is 6.20 Å². The molecule has 0 radical (unpaired) electrons. The van der Waals surface area contributed by atoms with Crippen LogP contribution in [-0.4, -0.2) is 11.0 Å². The first-order valence-corrected chi connectivity index (χ1v) is 5.94. The largest absolute Gasteiger partial charge is 0.380 e. The Hall–Kier alpha value is -0.760. The van der Waals surface area contributed by atoms with Crippen molar-refractivity contribution in [1.29, 1.82) is 0 Å². The van der Waals surface area contributed by atoms with Crippen molar-refractivity contribution in [2.24, 2.45) is 0 Å². The highest BCUT2D eigenvalue weighted by molar-refractivity contribution is 6.32. The highest BCUT2D eigenvalue weighted by Gasteiger charge is 2.09. The fourth-order valence-corrected chi connectivity index (χ4v) is 1.89. The highest BCUT2D eigenvalue weighted by Crippen LogP contribution is 2.24. The maximum Gasteiger partial charge on any atom is 0.152 e. The van der Waals surface area contributed by atoms with E-state index in [2.05, 4.69) is 31.1 Å². The summed E-state index contributed by atoms with van der Waals surface area (Å²) >= 11 is 6.06. The molecule has 1 unspecified atom stereocenters. The highest BCUT2D eigenvalue weighted by atomic mass is 35.5. The summed E-state index contributed by atoms with van der Waals surface area (Å²) in [4.78, 5) is 4.09. The van der Waals surface area contributed by atoms with Gasteiger partial charge in [0.05, 0.1) is 5.69 Å². The summed E-state index contributed by atoms with van der Waals surface area (Å²) in [5.74, 6) is 0. The van der Waals surface area contributed by atoms with Crippen LogP contribution in [0.15, 0.2) is 12.3 Å². The van der Waals surface area contributed by atoms with E-state index in [-0.39, 0.29) is 0 Å². The van der Waals surface area contributed by atoms with Gasteiger partial charge < -0.3 is 5.32 Å². The van der Waals surface area contributed by atoms with Gasteiger partial charge in [0.25, 0.3) is 0 Å².